The van der Waals surface area contributed by atoms with Crippen LogP contribution in [0.25, 0.3) is 0 Å². The number of aliphatic imine (C=N–C) groups is 1. The lowest BCUT2D eigenvalue weighted by Gasteiger charge is -2.27. The number of ether oxygens (including phenoxy) is 2. The van der Waals surface area contributed by atoms with Gasteiger partial charge < -0.3 is 19.7 Å². The average Bonchev–Trinajstić information content (AvgIpc) is 3.22. The molecule has 0 spiro atoms. The number of hydrogen-bond donors (Lipinski definition) is 1. The van der Waals surface area contributed by atoms with Crippen LogP contribution < -0.4 is 5.32 Å². The predicted molar refractivity (Wildman–Crippen MR) is 118 cm³/mol. The van der Waals surface area contributed by atoms with E-state index in [-0.39, 0.29) is 0 Å². The minimum absolute atomic E-state index is 0.566. The van der Waals surface area contributed by atoms with Crippen LogP contribution in [0.2, 0.25) is 0 Å². The van der Waals surface area contributed by atoms with Crippen LogP contribution >= 0.6 is 0 Å². The van der Waals surface area contributed by atoms with Crippen molar-refractivity contribution in [3.63, 3.8) is 0 Å². The standard InChI is InChI=1S/C23H38N4O2/c1-24-23(27-13-10-20(17-27)19-29-15-14-28-2)25-16-21-8-4-5-9-22(21)18-26-11-6-3-7-12-26/h4-5,8-9,20H,3,6-7,10-19H2,1-2H3,(H,24,25). The number of hydrogen-bond acceptors (Lipinski definition) is 4. The monoisotopic (exact) mass is 402 g/mol. The summed E-state index contributed by atoms with van der Waals surface area (Å²) in [6.45, 7) is 8.51. The highest BCUT2D eigenvalue weighted by Gasteiger charge is 2.25. The second-order valence-electron chi connectivity index (χ2n) is 8.17. The van der Waals surface area contributed by atoms with E-state index in [1.54, 1.807) is 7.11 Å². The Morgan fingerprint density at radius 2 is 1.90 bits per heavy atom. The van der Waals surface area contributed by atoms with Crippen molar-refractivity contribution in [2.24, 2.45) is 10.9 Å². The molecular weight excluding hydrogens is 364 g/mol. The van der Waals surface area contributed by atoms with E-state index in [4.69, 9.17) is 9.47 Å². The third-order valence-electron chi connectivity index (χ3n) is 5.98. The smallest absolute Gasteiger partial charge is 0.193 e. The molecule has 2 aliphatic rings. The molecule has 2 heterocycles. The molecule has 0 radical (unpaired) electrons. The molecule has 0 aromatic heterocycles. The molecule has 1 atom stereocenters. The molecule has 2 saturated heterocycles. The zero-order valence-corrected chi connectivity index (χ0v) is 18.2. The van der Waals surface area contributed by atoms with Crippen molar-refractivity contribution in [3.05, 3.63) is 35.4 Å². The predicted octanol–water partition coefficient (Wildman–Crippen LogP) is 2.73. The molecule has 3 rings (SSSR count). The first-order valence-corrected chi connectivity index (χ1v) is 11.1. The van der Waals surface area contributed by atoms with Crippen molar-refractivity contribution < 1.29 is 9.47 Å². The highest BCUT2D eigenvalue weighted by molar-refractivity contribution is 5.80. The van der Waals surface area contributed by atoms with Gasteiger partial charge in [0.2, 0.25) is 0 Å². The van der Waals surface area contributed by atoms with Crippen molar-refractivity contribution in [2.75, 3.05) is 60.2 Å². The van der Waals surface area contributed by atoms with Crippen LogP contribution in [0.1, 0.15) is 36.8 Å². The number of piperidine rings is 1. The number of likely N-dealkylation sites (tertiary alicyclic amines) is 2. The van der Waals surface area contributed by atoms with Gasteiger partial charge in [-0.15, -0.1) is 0 Å². The molecule has 6 heteroatoms. The lowest BCUT2D eigenvalue weighted by atomic mass is 10.0. The number of methoxy groups -OCH3 is 1. The zero-order chi connectivity index (χ0) is 20.3. The van der Waals surface area contributed by atoms with E-state index in [0.717, 1.165) is 45.2 Å². The minimum Gasteiger partial charge on any atom is -0.382 e. The fourth-order valence-electron chi connectivity index (χ4n) is 4.30. The molecule has 1 unspecified atom stereocenters. The lowest BCUT2D eigenvalue weighted by molar-refractivity contribution is 0.0536. The largest absolute Gasteiger partial charge is 0.382 e. The van der Waals surface area contributed by atoms with E-state index in [1.807, 2.05) is 7.05 Å². The minimum atomic E-state index is 0.566. The van der Waals surface area contributed by atoms with Crippen LogP contribution in [-0.4, -0.2) is 75.9 Å². The maximum atomic E-state index is 5.72. The first-order chi connectivity index (χ1) is 14.3. The summed E-state index contributed by atoms with van der Waals surface area (Å²) in [5.74, 6) is 1.56. The van der Waals surface area contributed by atoms with Crippen molar-refractivity contribution >= 4 is 5.96 Å². The number of nitrogens with one attached hydrogen (secondary N) is 1. The summed E-state index contributed by atoms with van der Waals surface area (Å²) in [6, 6.07) is 8.82. The van der Waals surface area contributed by atoms with Gasteiger partial charge >= 0.3 is 0 Å². The van der Waals surface area contributed by atoms with Gasteiger partial charge in [0.05, 0.1) is 19.8 Å². The summed E-state index contributed by atoms with van der Waals surface area (Å²) in [5, 5.41) is 3.60. The third-order valence-corrected chi connectivity index (χ3v) is 5.98. The van der Waals surface area contributed by atoms with E-state index in [2.05, 4.69) is 44.4 Å². The third kappa shape index (κ3) is 6.98. The summed E-state index contributed by atoms with van der Waals surface area (Å²) in [5.41, 5.74) is 2.81. The Morgan fingerprint density at radius 3 is 2.66 bits per heavy atom. The summed E-state index contributed by atoms with van der Waals surface area (Å²) in [4.78, 5) is 9.48. The molecule has 2 aliphatic heterocycles. The Hall–Kier alpha value is -1.63. The average molecular weight is 403 g/mol. The molecule has 29 heavy (non-hydrogen) atoms. The Balaban J connectivity index is 1.48. The number of nitrogens with zero attached hydrogens (tertiary/aromatic N) is 3. The normalized spacial score (nSPS) is 21.0. The Bertz CT molecular complexity index is 631. The Morgan fingerprint density at radius 1 is 1.10 bits per heavy atom. The quantitative estimate of drug-likeness (QED) is 0.391. The molecule has 0 saturated carbocycles. The number of guanidine groups is 1. The maximum Gasteiger partial charge on any atom is 0.193 e. The Kier molecular flexibility index (Phi) is 9.25. The van der Waals surface area contributed by atoms with Gasteiger partial charge in [-0.2, -0.15) is 0 Å². The van der Waals surface area contributed by atoms with Gasteiger partial charge in [0.25, 0.3) is 0 Å². The van der Waals surface area contributed by atoms with Gasteiger partial charge in [-0.25, -0.2) is 0 Å². The van der Waals surface area contributed by atoms with Gasteiger partial charge in [0.15, 0.2) is 5.96 Å². The molecule has 0 amide bonds. The number of rotatable bonds is 9. The maximum absolute atomic E-state index is 5.72. The van der Waals surface area contributed by atoms with Crippen LogP contribution in [-0.2, 0) is 22.6 Å². The first kappa shape index (κ1) is 22.1. The van der Waals surface area contributed by atoms with Crippen molar-refractivity contribution in [1.82, 2.24) is 15.1 Å². The van der Waals surface area contributed by atoms with Crippen LogP contribution in [0.15, 0.2) is 29.3 Å². The van der Waals surface area contributed by atoms with E-state index < -0.39 is 0 Å². The SMILES string of the molecule is CN=C(NCc1ccccc1CN1CCCCC1)N1CCC(COCCOC)C1. The van der Waals surface area contributed by atoms with Gasteiger partial charge in [-0.05, 0) is 43.5 Å². The molecule has 162 valence electrons. The van der Waals surface area contributed by atoms with E-state index in [1.165, 1.54) is 43.5 Å². The Labute approximate surface area is 176 Å². The van der Waals surface area contributed by atoms with Gasteiger partial charge in [0, 0.05) is 46.3 Å². The molecular formula is C23H38N4O2. The van der Waals surface area contributed by atoms with Gasteiger partial charge in [-0.3, -0.25) is 9.89 Å². The second-order valence-corrected chi connectivity index (χ2v) is 8.17. The van der Waals surface area contributed by atoms with Crippen molar-refractivity contribution in [1.29, 1.82) is 0 Å². The van der Waals surface area contributed by atoms with Crippen LogP contribution in [0.3, 0.4) is 0 Å². The van der Waals surface area contributed by atoms with E-state index in [9.17, 15) is 0 Å². The first-order valence-electron chi connectivity index (χ1n) is 11.1. The molecule has 0 aliphatic carbocycles. The van der Waals surface area contributed by atoms with E-state index in [0.29, 0.717) is 19.1 Å². The highest BCUT2D eigenvalue weighted by Crippen LogP contribution is 2.18. The van der Waals surface area contributed by atoms with E-state index >= 15 is 0 Å². The van der Waals surface area contributed by atoms with Crippen molar-refractivity contribution in [3.8, 4) is 0 Å². The molecule has 2 fully saturated rings. The fraction of sp³-hybridized carbons (Fsp3) is 0.696. The van der Waals surface area contributed by atoms with Crippen molar-refractivity contribution in [2.45, 2.75) is 38.8 Å². The van der Waals surface area contributed by atoms with Crippen LogP contribution in [0.5, 0.6) is 0 Å². The molecule has 1 aromatic rings. The fourth-order valence-corrected chi connectivity index (χ4v) is 4.30. The molecule has 0 bridgehead atoms. The molecule has 6 nitrogen and oxygen atoms in total. The second kappa shape index (κ2) is 12.2. The summed E-state index contributed by atoms with van der Waals surface area (Å²) in [6.07, 6.45) is 5.19. The van der Waals surface area contributed by atoms with Gasteiger partial charge in [0.1, 0.15) is 0 Å². The number of benzene rings is 1. The summed E-state index contributed by atoms with van der Waals surface area (Å²) >= 11 is 0. The van der Waals surface area contributed by atoms with Crippen LogP contribution in [0, 0.1) is 5.92 Å². The molecule has 1 aromatic carbocycles. The summed E-state index contributed by atoms with van der Waals surface area (Å²) < 4.78 is 10.8. The lowest BCUT2D eigenvalue weighted by Crippen LogP contribution is -2.40. The topological polar surface area (TPSA) is 49.3 Å². The van der Waals surface area contributed by atoms with Gasteiger partial charge in [-0.1, -0.05) is 30.7 Å². The summed E-state index contributed by atoms with van der Waals surface area (Å²) in [7, 11) is 3.59. The van der Waals surface area contributed by atoms with Crippen LogP contribution in [0.4, 0.5) is 0 Å². The zero-order valence-electron chi connectivity index (χ0n) is 18.2. The molecule has 1 N–H and O–H groups in total. The highest BCUT2D eigenvalue weighted by atomic mass is 16.5.